The predicted octanol–water partition coefficient (Wildman–Crippen LogP) is 3.37. The lowest BCUT2D eigenvalue weighted by atomic mass is 10.1. The molecule has 4 nitrogen and oxygen atoms in total. The molecule has 7 heteroatoms. The minimum absolute atomic E-state index is 0.0744. The average Bonchev–Trinajstić information content (AvgIpc) is 2.56. The molecule has 0 unspecified atom stereocenters. The van der Waals surface area contributed by atoms with E-state index in [-0.39, 0.29) is 17.2 Å². The van der Waals surface area contributed by atoms with Gasteiger partial charge in [0.05, 0.1) is 4.90 Å². The zero-order chi connectivity index (χ0) is 17.6. The van der Waals surface area contributed by atoms with Gasteiger partial charge < -0.3 is 4.74 Å². The Morgan fingerprint density at radius 2 is 1.58 bits per heavy atom. The third kappa shape index (κ3) is 5.28. The van der Waals surface area contributed by atoms with Gasteiger partial charge in [0.2, 0.25) is 10.0 Å². The molecule has 0 fully saturated rings. The van der Waals surface area contributed by atoms with Crippen molar-refractivity contribution in [2.45, 2.75) is 31.3 Å². The second-order valence-corrected chi connectivity index (χ2v) is 6.93. The SMILES string of the molecule is CCc1ccc(S(=O)(=O)NCCc2ccc(OC(F)F)cc2)cc1. The van der Waals surface area contributed by atoms with Gasteiger partial charge in [-0.25, -0.2) is 13.1 Å². The molecule has 0 saturated heterocycles. The summed E-state index contributed by atoms with van der Waals surface area (Å²) in [4.78, 5) is 0.223. The van der Waals surface area contributed by atoms with Gasteiger partial charge in [-0.1, -0.05) is 31.2 Å². The van der Waals surface area contributed by atoms with Gasteiger partial charge in [0.25, 0.3) is 0 Å². The van der Waals surface area contributed by atoms with Crippen molar-refractivity contribution in [3.63, 3.8) is 0 Å². The van der Waals surface area contributed by atoms with Crippen molar-refractivity contribution in [1.29, 1.82) is 0 Å². The van der Waals surface area contributed by atoms with Gasteiger partial charge in [0.15, 0.2) is 0 Å². The number of alkyl halides is 2. The highest BCUT2D eigenvalue weighted by Crippen LogP contribution is 2.15. The molecule has 0 aliphatic rings. The lowest BCUT2D eigenvalue weighted by molar-refractivity contribution is -0.0498. The zero-order valence-electron chi connectivity index (χ0n) is 13.2. The van der Waals surface area contributed by atoms with Crippen molar-refractivity contribution in [3.8, 4) is 5.75 Å². The summed E-state index contributed by atoms with van der Waals surface area (Å²) in [6, 6.07) is 12.9. The normalized spacial score (nSPS) is 11.7. The molecule has 0 heterocycles. The average molecular weight is 355 g/mol. The summed E-state index contributed by atoms with van der Waals surface area (Å²) in [6.45, 7) is -0.645. The molecular formula is C17H19F2NO3S. The summed E-state index contributed by atoms with van der Waals surface area (Å²) < 4.78 is 55.3. The Morgan fingerprint density at radius 3 is 2.12 bits per heavy atom. The molecule has 24 heavy (non-hydrogen) atoms. The fraction of sp³-hybridized carbons (Fsp3) is 0.294. The number of nitrogens with one attached hydrogen (secondary N) is 1. The van der Waals surface area contributed by atoms with Crippen molar-refractivity contribution >= 4 is 10.0 Å². The highest BCUT2D eigenvalue weighted by molar-refractivity contribution is 7.89. The Bertz CT molecular complexity index is 744. The van der Waals surface area contributed by atoms with Crippen LogP contribution in [0.4, 0.5) is 8.78 Å². The van der Waals surface area contributed by atoms with E-state index in [0.29, 0.717) is 6.42 Å². The fourth-order valence-corrected chi connectivity index (χ4v) is 3.19. The minimum Gasteiger partial charge on any atom is -0.435 e. The molecule has 2 aromatic rings. The predicted molar refractivity (Wildman–Crippen MR) is 87.8 cm³/mol. The molecule has 2 rings (SSSR count). The number of hydrogen-bond donors (Lipinski definition) is 1. The van der Waals surface area contributed by atoms with E-state index in [1.165, 1.54) is 12.1 Å². The van der Waals surface area contributed by atoms with E-state index in [2.05, 4.69) is 9.46 Å². The van der Waals surface area contributed by atoms with Crippen molar-refractivity contribution in [3.05, 3.63) is 59.7 Å². The summed E-state index contributed by atoms with van der Waals surface area (Å²) in [6.07, 6.45) is 1.29. The van der Waals surface area contributed by atoms with E-state index in [4.69, 9.17) is 0 Å². The van der Waals surface area contributed by atoms with Gasteiger partial charge >= 0.3 is 6.61 Å². The van der Waals surface area contributed by atoms with Crippen LogP contribution in [0.15, 0.2) is 53.4 Å². The summed E-state index contributed by atoms with van der Waals surface area (Å²) in [5.41, 5.74) is 1.89. The number of sulfonamides is 1. The molecule has 0 atom stereocenters. The van der Waals surface area contributed by atoms with Crippen LogP contribution in [-0.4, -0.2) is 21.6 Å². The summed E-state index contributed by atoms with van der Waals surface area (Å²) in [5.74, 6) is 0.0744. The highest BCUT2D eigenvalue weighted by Gasteiger charge is 2.13. The van der Waals surface area contributed by atoms with E-state index in [9.17, 15) is 17.2 Å². The molecule has 0 spiro atoms. The maximum absolute atomic E-state index is 12.2. The molecule has 0 saturated carbocycles. The second kappa shape index (κ2) is 8.21. The molecule has 0 amide bonds. The first kappa shape index (κ1) is 18.4. The van der Waals surface area contributed by atoms with Gasteiger partial charge in [0.1, 0.15) is 5.75 Å². The van der Waals surface area contributed by atoms with Gasteiger partial charge in [-0.05, 0) is 48.2 Å². The van der Waals surface area contributed by atoms with Gasteiger partial charge in [-0.3, -0.25) is 0 Å². The Labute approximate surface area is 140 Å². The van der Waals surface area contributed by atoms with Crippen LogP contribution in [0, 0.1) is 0 Å². The van der Waals surface area contributed by atoms with Crippen LogP contribution in [0.3, 0.4) is 0 Å². The molecule has 0 aromatic heterocycles. The molecule has 130 valence electrons. The van der Waals surface area contributed by atoms with E-state index >= 15 is 0 Å². The number of hydrogen-bond acceptors (Lipinski definition) is 3. The van der Waals surface area contributed by atoms with Crippen LogP contribution in [0.1, 0.15) is 18.1 Å². The second-order valence-electron chi connectivity index (χ2n) is 5.17. The van der Waals surface area contributed by atoms with Crippen LogP contribution in [0.5, 0.6) is 5.75 Å². The minimum atomic E-state index is -3.55. The maximum atomic E-state index is 12.2. The van der Waals surface area contributed by atoms with Crippen molar-refractivity contribution in [2.24, 2.45) is 0 Å². The van der Waals surface area contributed by atoms with E-state index in [1.807, 2.05) is 6.92 Å². The Morgan fingerprint density at radius 1 is 1.00 bits per heavy atom. The Hall–Kier alpha value is -1.99. The highest BCUT2D eigenvalue weighted by atomic mass is 32.2. The van der Waals surface area contributed by atoms with Crippen LogP contribution < -0.4 is 9.46 Å². The molecule has 1 N–H and O–H groups in total. The van der Waals surface area contributed by atoms with Crippen LogP contribution in [0.2, 0.25) is 0 Å². The number of ether oxygens (including phenoxy) is 1. The van der Waals surface area contributed by atoms with E-state index in [0.717, 1.165) is 17.5 Å². The van der Waals surface area contributed by atoms with Gasteiger partial charge in [-0.15, -0.1) is 0 Å². The monoisotopic (exact) mass is 355 g/mol. The van der Waals surface area contributed by atoms with Crippen molar-refractivity contribution in [1.82, 2.24) is 4.72 Å². The topological polar surface area (TPSA) is 55.4 Å². The van der Waals surface area contributed by atoms with Gasteiger partial charge in [0, 0.05) is 6.54 Å². The standard InChI is InChI=1S/C17H19F2NO3S/c1-2-13-5-9-16(10-6-13)24(21,22)20-12-11-14-3-7-15(8-4-14)23-17(18)19/h3-10,17,20H,2,11-12H2,1H3. The molecular weight excluding hydrogens is 336 g/mol. The smallest absolute Gasteiger partial charge is 0.387 e. The molecule has 2 aromatic carbocycles. The third-order valence-corrected chi connectivity index (χ3v) is 4.97. The first-order valence-corrected chi connectivity index (χ1v) is 9.01. The quantitative estimate of drug-likeness (QED) is 0.790. The Kier molecular flexibility index (Phi) is 6.28. The number of aryl methyl sites for hydroxylation is 1. The lowest BCUT2D eigenvalue weighted by Gasteiger charge is -2.08. The van der Waals surface area contributed by atoms with Crippen molar-refractivity contribution < 1.29 is 21.9 Å². The molecule has 0 aliphatic heterocycles. The summed E-state index contributed by atoms with van der Waals surface area (Å²) in [5, 5.41) is 0. The van der Waals surface area contributed by atoms with Crippen LogP contribution in [0.25, 0.3) is 0 Å². The number of benzene rings is 2. The third-order valence-electron chi connectivity index (χ3n) is 3.50. The summed E-state index contributed by atoms with van der Waals surface area (Å²) >= 11 is 0. The molecule has 0 radical (unpaired) electrons. The first-order valence-electron chi connectivity index (χ1n) is 7.53. The van der Waals surface area contributed by atoms with E-state index in [1.54, 1.807) is 36.4 Å². The van der Waals surface area contributed by atoms with Gasteiger partial charge in [-0.2, -0.15) is 8.78 Å². The zero-order valence-corrected chi connectivity index (χ0v) is 14.0. The van der Waals surface area contributed by atoms with Crippen LogP contribution in [-0.2, 0) is 22.9 Å². The fourth-order valence-electron chi connectivity index (χ4n) is 2.15. The summed E-state index contributed by atoms with van der Waals surface area (Å²) in [7, 11) is -3.55. The first-order chi connectivity index (χ1) is 11.4. The molecule has 0 aliphatic carbocycles. The Balaban J connectivity index is 1.90. The van der Waals surface area contributed by atoms with E-state index < -0.39 is 16.6 Å². The maximum Gasteiger partial charge on any atom is 0.387 e. The van der Waals surface area contributed by atoms with Crippen molar-refractivity contribution in [2.75, 3.05) is 6.54 Å². The number of halogens is 2. The lowest BCUT2D eigenvalue weighted by Crippen LogP contribution is -2.26. The van der Waals surface area contributed by atoms with Crippen LogP contribution >= 0.6 is 0 Å². The number of rotatable bonds is 8. The molecule has 0 bridgehead atoms. The largest absolute Gasteiger partial charge is 0.435 e.